The average Bonchev–Trinajstić information content (AvgIpc) is 3.02. The van der Waals surface area contributed by atoms with Gasteiger partial charge in [0.2, 0.25) is 0 Å². The van der Waals surface area contributed by atoms with Crippen LogP contribution in [-0.2, 0) is 9.59 Å². The van der Waals surface area contributed by atoms with Gasteiger partial charge in [-0.15, -0.1) is 0 Å². The number of aromatic nitrogens is 1. The Balaban J connectivity index is 2.50. The fraction of sp³-hybridized carbons (Fsp3) is 0.600. The Kier molecular flexibility index (Phi) is 6.29. The molecule has 1 saturated heterocycles. The van der Waals surface area contributed by atoms with E-state index in [1.807, 2.05) is 26.0 Å². The number of Topliss-reactive ketones (excluding diaryl/α,β-unsaturated/α-hetero) is 1. The van der Waals surface area contributed by atoms with Crippen molar-refractivity contribution in [1.29, 1.82) is 0 Å². The summed E-state index contributed by atoms with van der Waals surface area (Å²) in [5.74, 6) is -1.04. The van der Waals surface area contributed by atoms with Crippen molar-refractivity contribution in [2.75, 3.05) is 13.1 Å². The van der Waals surface area contributed by atoms with Gasteiger partial charge in [-0.05, 0) is 29.5 Å². The highest BCUT2D eigenvalue weighted by Crippen LogP contribution is 2.41. The van der Waals surface area contributed by atoms with Gasteiger partial charge >= 0.3 is 5.91 Å². The third-order valence-electron chi connectivity index (χ3n) is 5.83. The van der Waals surface area contributed by atoms with Crippen LogP contribution in [-0.4, -0.2) is 45.3 Å². The molecule has 1 aromatic heterocycles. The molecule has 2 rings (SSSR count). The van der Waals surface area contributed by atoms with Gasteiger partial charge in [-0.3, -0.25) is 9.78 Å². The van der Waals surface area contributed by atoms with Gasteiger partial charge in [0.15, 0.2) is 0 Å². The summed E-state index contributed by atoms with van der Waals surface area (Å²) in [6.07, 6.45) is 5.32. The van der Waals surface area contributed by atoms with E-state index in [1.54, 1.807) is 26.2 Å². The molecule has 0 aromatic carbocycles. The molecular formula is C20H28N2O3S. The molecule has 1 aliphatic heterocycles. The number of quaternary nitrogens is 1. The molecule has 2 unspecified atom stereocenters. The SMILES string of the molecule is CCC[N+]1(C(=O)C(=O)C(C)(C)CC)CCC(c2cccnc2)[C@H]1C([O-])=S. The predicted molar refractivity (Wildman–Crippen MR) is 102 cm³/mol. The van der Waals surface area contributed by atoms with E-state index in [9.17, 15) is 14.7 Å². The summed E-state index contributed by atoms with van der Waals surface area (Å²) in [5.41, 5.74) is 0.166. The van der Waals surface area contributed by atoms with Crippen molar-refractivity contribution in [3.8, 4) is 0 Å². The van der Waals surface area contributed by atoms with Crippen molar-refractivity contribution in [3.63, 3.8) is 0 Å². The molecule has 2 heterocycles. The highest BCUT2D eigenvalue weighted by atomic mass is 32.1. The van der Waals surface area contributed by atoms with E-state index in [0.717, 1.165) is 5.56 Å². The molecule has 26 heavy (non-hydrogen) atoms. The summed E-state index contributed by atoms with van der Waals surface area (Å²) in [6, 6.07) is 3.04. The standard InChI is InChI=1S/C20H28N2O3S/c1-5-11-22(18(24)17(23)20(3,4)6-2)12-9-15(16(22)19(25)26)14-8-7-10-21-13-14/h7-8,10,13,15-16H,5-6,9,11-12H2,1-4H3/t15?,16-,22?/m0/s1. The molecule has 142 valence electrons. The van der Waals surface area contributed by atoms with Gasteiger partial charge in [-0.25, -0.2) is 9.28 Å². The first-order valence-electron chi connectivity index (χ1n) is 9.28. The number of carbonyl (C=O) groups is 2. The second-order valence-corrected chi connectivity index (χ2v) is 8.20. The Hall–Kier alpha value is -1.66. The predicted octanol–water partition coefficient (Wildman–Crippen LogP) is 2.38. The van der Waals surface area contributed by atoms with Crippen LogP contribution in [0.3, 0.4) is 0 Å². The Labute approximate surface area is 161 Å². The van der Waals surface area contributed by atoms with Crippen molar-refractivity contribution in [3.05, 3.63) is 30.1 Å². The summed E-state index contributed by atoms with van der Waals surface area (Å²) >= 11 is 5.07. The van der Waals surface area contributed by atoms with Crippen LogP contribution in [0.1, 0.15) is 58.4 Å². The molecule has 6 heteroatoms. The number of carbonyl (C=O) groups excluding carboxylic acids is 2. The van der Waals surface area contributed by atoms with E-state index in [4.69, 9.17) is 12.2 Å². The molecule has 0 bridgehead atoms. The monoisotopic (exact) mass is 376 g/mol. The Morgan fingerprint density at radius 3 is 2.58 bits per heavy atom. The maximum Gasteiger partial charge on any atom is 0.382 e. The highest BCUT2D eigenvalue weighted by Gasteiger charge is 2.56. The minimum atomic E-state index is -0.739. The fourth-order valence-corrected chi connectivity index (χ4v) is 4.32. The smallest absolute Gasteiger partial charge is 0.382 e. The van der Waals surface area contributed by atoms with E-state index in [-0.39, 0.29) is 10.4 Å². The van der Waals surface area contributed by atoms with Crippen LogP contribution in [0.25, 0.3) is 0 Å². The molecule has 1 aliphatic rings. The molecule has 0 aliphatic carbocycles. The lowest BCUT2D eigenvalue weighted by Crippen LogP contribution is -2.65. The van der Waals surface area contributed by atoms with Gasteiger partial charge < -0.3 is 5.11 Å². The van der Waals surface area contributed by atoms with Gasteiger partial charge in [0.1, 0.15) is 6.04 Å². The van der Waals surface area contributed by atoms with Crippen LogP contribution in [0.5, 0.6) is 0 Å². The Bertz CT molecular complexity index is 690. The maximum absolute atomic E-state index is 13.4. The topological polar surface area (TPSA) is 70.1 Å². The second-order valence-electron chi connectivity index (χ2n) is 7.80. The largest absolute Gasteiger partial charge is 0.863 e. The molecule has 0 radical (unpaired) electrons. The number of hydrogen-bond acceptors (Lipinski definition) is 5. The molecule has 1 aromatic rings. The Morgan fingerprint density at radius 2 is 2.08 bits per heavy atom. The van der Waals surface area contributed by atoms with E-state index >= 15 is 0 Å². The molecular weight excluding hydrogens is 348 g/mol. The Morgan fingerprint density at radius 1 is 1.38 bits per heavy atom. The second kappa shape index (κ2) is 7.92. The van der Waals surface area contributed by atoms with Gasteiger partial charge in [-0.1, -0.05) is 46.0 Å². The van der Waals surface area contributed by atoms with Crippen LogP contribution in [0.2, 0.25) is 0 Å². The van der Waals surface area contributed by atoms with Crippen molar-refractivity contribution >= 4 is 29.0 Å². The number of amides is 1. The van der Waals surface area contributed by atoms with Crippen LogP contribution >= 0.6 is 12.2 Å². The zero-order valence-electron chi connectivity index (χ0n) is 16.0. The zero-order valence-corrected chi connectivity index (χ0v) is 16.8. The van der Waals surface area contributed by atoms with Gasteiger partial charge in [0.05, 0.1) is 13.1 Å². The van der Waals surface area contributed by atoms with Crippen molar-refractivity contribution in [2.24, 2.45) is 5.41 Å². The van der Waals surface area contributed by atoms with Crippen LogP contribution in [0.15, 0.2) is 24.5 Å². The third-order valence-corrected chi connectivity index (χ3v) is 6.07. The summed E-state index contributed by atoms with van der Waals surface area (Å²) < 4.78 is -0.138. The number of likely N-dealkylation sites (tertiary alicyclic amines) is 1. The first kappa shape index (κ1) is 20.6. The molecule has 0 spiro atoms. The maximum atomic E-state index is 13.4. The summed E-state index contributed by atoms with van der Waals surface area (Å²) in [7, 11) is 0. The summed E-state index contributed by atoms with van der Waals surface area (Å²) in [5, 5.41) is 12.0. The van der Waals surface area contributed by atoms with Crippen molar-refractivity contribution in [1.82, 2.24) is 4.98 Å². The summed E-state index contributed by atoms with van der Waals surface area (Å²) in [6.45, 7) is 8.35. The fourth-order valence-electron chi connectivity index (χ4n) is 3.95. The minimum absolute atomic E-state index is 0.138. The third kappa shape index (κ3) is 3.58. The van der Waals surface area contributed by atoms with E-state index in [1.165, 1.54) is 0 Å². The first-order valence-corrected chi connectivity index (χ1v) is 9.69. The quantitative estimate of drug-likeness (QED) is 0.415. The molecule has 3 atom stereocenters. The van der Waals surface area contributed by atoms with Crippen molar-refractivity contribution < 1.29 is 19.2 Å². The lowest BCUT2D eigenvalue weighted by Gasteiger charge is -2.41. The first-order chi connectivity index (χ1) is 12.2. The van der Waals surface area contributed by atoms with Crippen LogP contribution in [0, 0.1) is 5.41 Å². The number of pyridine rings is 1. The summed E-state index contributed by atoms with van der Waals surface area (Å²) in [4.78, 5) is 30.5. The molecule has 5 nitrogen and oxygen atoms in total. The molecule has 1 amide bonds. The van der Waals surface area contributed by atoms with Crippen LogP contribution < -0.4 is 5.11 Å². The normalized spacial score (nSPS) is 25.8. The zero-order chi connectivity index (χ0) is 19.5. The van der Waals surface area contributed by atoms with E-state index < -0.39 is 28.2 Å². The van der Waals surface area contributed by atoms with E-state index in [2.05, 4.69) is 4.98 Å². The van der Waals surface area contributed by atoms with Gasteiger partial charge in [-0.2, -0.15) is 0 Å². The number of hydrogen-bond donors (Lipinski definition) is 0. The molecule has 0 N–H and O–H groups in total. The lowest BCUT2D eigenvalue weighted by molar-refractivity contribution is -0.856. The van der Waals surface area contributed by atoms with E-state index in [0.29, 0.717) is 32.4 Å². The number of thiocarbonyl (C=S) groups is 1. The van der Waals surface area contributed by atoms with Gasteiger partial charge in [0.25, 0.3) is 5.78 Å². The van der Waals surface area contributed by atoms with Gasteiger partial charge in [0, 0.05) is 30.1 Å². The van der Waals surface area contributed by atoms with Crippen molar-refractivity contribution in [2.45, 2.75) is 58.9 Å². The lowest BCUT2D eigenvalue weighted by atomic mass is 9.83. The van der Waals surface area contributed by atoms with Crippen LogP contribution in [0.4, 0.5) is 0 Å². The number of rotatable bonds is 7. The average molecular weight is 377 g/mol. The minimum Gasteiger partial charge on any atom is -0.863 e. The highest BCUT2D eigenvalue weighted by molar-refractivity contribution is 7.80. The molecule has 0 saturated carbocycles. The molecule has 1 fully saturated rings. The number of ketones is 1. The number of nitrogens with zero attached hydrogens (tertiary/aromatic N) is 2.